The molecule has 0 spiro atoms. The maximum Gasteiger partial charge on any atom is 0.136 e. The Morgan fingerprint density at radius 2 is 1.68 bits per heavy atom. The molecule has 1 heterocycles. The summed E-state index contributed by atoms with van der Waals surface area (Å²) in [4.78, 5) is 0. The van der Waals surface area contributed by atoms with E-state index < -0.39 is 0 Å². The topological polar surface area (TPSA) is 21.3 Å². The minimum Gasteiger partial charge on any atom is -0.484 e. The van der Waals surface area contributed by atoms with Crippen LogP contribution in [0.2, 0.25) is 0 Å². The van der Waals surface area contributed by atoms with E-state index in [2.05, 4.69) is 29.6 Å². The summed E-state index contributed by atoms with van der Waals surface area (Å²) in [5.41, 5.74) is 2.70. The number of hydrogen-bond donors (Lipinski definition) is 1. The van der Waals surface area contributed by atoms with E-state index in [0.717, 1.165) is 25.3 Å². The van der Waals surface area contributed by atoms with Gasteiger partial charge in [-0.15, -0.1) is 17.0 Å². The number of nitrogens with one attached hydrogen (secondary N) is 1. The minimum absolute atomic E-state index is 0. The van der Waals surface area contributed by atoms with Crippen LogP contribution in [0.1, 0.15) is 17.2 Å². The number of halogens is 1. The van der Waals surface area contributed by atoms with E-state index in [0.29, 0.717) is 0 Å². The van der Waals surface area contributed by atoms with Crippen molar-refractivity contribution in [3.8, 4) is 5.75 Å². The fraction of sp³-hybridized carbons (Fsp3) is 0.250. The molecular weight excluding hydrogens is 302 g/mol. The molecular formula is C16H18BrNO. The Kier molecular flexibility index (Phi) is 5.00. The van der Waals surface area contributed by atoms with Gasteiger partial charge in [0.2, 0.25) is 0 Å². The molecule has 1 aliphatic rings. The lowest BCUT2D eigenvalue weighted by molar-refractivity contribution is 0.205. The second kappa shape index (κ2) is 6.73. The van der Waals surface area contributed by atoms with Crippen LogP contribution >= 0.6 is 17.0 Å². The van der Waals surface area contributed by atoms with Crippen LogP contribution in [0.15, 0.2) is 54.6 Å². The lowest BCUT2D eigenvalue weighted by Gasteiger charge is -2.19. The summed E-state index contributed by atoms with van der Waals surface area (Å²) >= 11 is 0. The van der Waals surface area contributed by atoms with E-state index in [9.17, 15) is 0 Å². The number of rotatable bonds is 2. The molecule has 2 aromatic carbocycles. The van der Waals surface area contributed by atoms with Gasteiger partial charge in [-0.05, 0) is 36.2 Å². The smallest absolute Gasteiger partial charge is 0.136 e. The lowest BCUT2D eigenvalue weighted by Crippen LogP contribution is -2.23. The lowest BCUT2D eigenvalue weighted by atomic mass is 10.0. The Bertz CT molecular complexity index is 515. The zero-order valence-corrected chi connectivity index (χ0v) is 12.4. The van der Waals surface area contributed by atoms with Gasteiger partial charge < -0.3 is 10.1 Å². The van der Waals surface area contributed by atoms with Crippen molar-refractivity contribution in [1.29, 1.82) is 0 Å². The van der Waals surface area contributed by atoms with Crippen molar-refractivity contribution in [2.75, 3.05) is 13.1 Å². The first-order valence-electron chi connectivity index (χ1n) is 6.44. The number of benzene rings is 2. The van der Waals surface area contributed by atoms with Crippen molar-refractivity contribution >= 4 is 17.0 Å². The van der Waals surface area contributed by atoms with E-state index in [4.69, 9.17) is 4.74 Å². The maximum absolute atomic E-state index is 6.10. The first-order chi connectivity index (χ1) is 8.93. The normalized spacial score (nSPS) is 17.8. The summed E-state index contributed by atoms with van der Waals surface area (Å²) in [5.74, 6) is 0.931. The molecule has 0 saturated carbocycles. The van der Waals surface area contributed by atoms with Crippen LogP contribution in [-0.2, 0) is 6.42 Å². The Balaban J connectivity index is 0.00000133. The van der Waals surface area contributed by atoms with Crippen LogP contribution in [0, 0.1) is 0 Å². The number of ether oxygens (including phenoxy) is 1. The fourth-order valence-corrected chi connectivity index (χ4v) is 2.41. The predicted octanol–water partition coefficient (Wildman–Crippen LogP) is 3.53. The highest BCUT2D eigenvalue weighted by Crippen LogP contribution is 2.25. The van der Waals surface area contributed by atoms with Crippen LogP contribution in [0.4, 0.5) is 0 Å². The van der Waals surface area contributed by atoms with E-state index in [1.807, 2.05) is 30.3 Å². The van der Waals surface area contributed by atoms with Gasteiger partial charge in [-0.2, -0.15) is 0 Å². The highest BCUT2D eigenvalue weighted by Gasteiger charge is 2.19. The van der Waals surface area contributed by atoms with Gasteiger partial charge in [-0.3, -0.25) is 0 Å². The SMILES string of the molecule is Br.c1ccc(OC2CNCCc3ccccc32)cc1. The van der Waals surface area contributed by atoms with Gasteiger partial charge >= 0.3 is 0 Å². The highest BCUT2D eigenvalue weighted by molar-refractivity contribution is 8.93. The molecule has 3 rings (SSSR count). The molecule has 1 unspecified atom stereocenters. The Morgan fingerprint density at radius 3 is 2.53 bits per heavy atom. The van der Waals surface area contributed by atoms with Crippen LogP contribution in [-0.4, -0.2) is 13.1 Å². The summed E-state index contributed by atoms with van der Waals surface area (Å²) < 4.78 is 6.10. The first-order valence-corrected chi connectivity index (χ1v) is 6.44. The van der Waals surface area contributed by atoms with Gasteiger partial charge in [0.15, 0.2) is 0 Å². The van der Waals surface area contributed by atoms with Crippen molar-refractivity contribution in [3.63, 3.8) is 0 Å². The molecule has 0 radical (unpaired) electrons. The molecule has 1 atom stereocenters. The van der Waals surface area contributed by atoms with Gasteiger partial charge in [0.25, 0.3) is 0 Å². The zero-order valence-electron chi connectivity index (χ0n) is 10.7. The molecule has 0 aromatic heterocycles. The van der Waals surface area contributed by atoms with Crippen molar-refractivity contribution < 1.29 is 4.74 Å². The third-order valence-corrected chi connectivity index (χ3v) is 3.32. The molecule has 0 amide bonds. The molecule has 0 fully saturated rings. The van der Waals surface area contributed by atoms with Crippen molar-refractivity contribution in [2.45, 2.75) is 12.5 Å². The predicted molar refractivity (Wildman–Crippen MR) is 83.1 cm³/mol. The summed E-state index contributed by atoms with van der Waals surface area (Å²) in [7, 11) is 0. The third kappa shape index (κ3) is 3.37. The van der Waals surface area contributed by atoms with Crippen LogP contribution in [0.3, 0.4) is 0 Å². The van der Waals surface area contributed by atoms with Gasteiger partial charge in [0.05, 0.1) is 0 Å². The maximum atomic E-state index is 6.10. The van der Waals surface area contributed by atoms with Crippen molar-refractivity contribution in [1.82, 2.24) is 5.32 Å². The van der Waals surface area contributed by atoms with Crippen molar-refractivity contribution in [2.24, 2.45) is 0 Å². The largest absolute Gasteiger partial charge is 0.484 e. The van der Waals surface area contributed by atoms with E-state index in [1.165, 1.54) is 11.1 Å². The molecule has 1 aliphatic heterocycles. The molecule has 100 valence electrons. The molecule has 3 heteroatoms. The van der Waals surface area contributed by atoms with Crippen molar-refractivity contribution in [3.05, 3.63) is 65.7 Å². The fourth-order valence-electron chi connectivity index (χ4n) is 2.41. The first kappa shape index (κ1) is 14.1. The molecule has 2 nitrogen and oxygen atoms in total. The number of para-hydroxylation sites is 1. The second-order valence-corrected chi connectivity index (χ2v) is 4.57. The monoisotopic (exact) mass is 319 g/mol. The van der Waals surface area contributed by atoms with E-state index in [-0.39, 0.29) is 23.1 Å². The summed E-state index contributed by atoms with van der Waals surface area (Å²) in [6, 6.07) is 18.6. The molecule has 1 N–H and O–H groups in total. The molecule has 19 heavy (non-hydrogen) atoms. The van der Waals surface area contributed by atoms with Gasteiger partial charge in [-0.1, -0.05) is 42.5 Å². The zero-order chi connectivity index (χ0) is 12.2. The quantitative estimate of drug-likeness (QED) is 0.914. The summed E-state index contributed by atoms with van der Waals surface area (Å²) in [6.45, 7) is 1.89. The molecule has 0 aliphatic carbocycles. The average Bonchev–Trinajstić information content (AvgIpc) is 2.63. The van der Waals surface area contributed by atoms with Gasteiger partial charge in [0.1, 0.15) is 11.9 Å². The number of hydrogen-bond acceptors (Lipinski definition) is 2. The molecule has 2 aromatic rings. The molecule has 0 saturated heterocycles. The van der Waals surface area contributed by atoms with Gasteiger partial charge in [0, 0.05) is 6.54 Å². The third-order valence-electron chi connectivity index (χ3n) is 3.32. The summed E-state index contributed by atoms with van der Waals surface area (Å²) in [6.07, 6.45) is 1.18. The minimum atomic E-state index is 0. The van der Waals surface area contributed by atoms with Crippen LogP contribution in [0.5, 0.6) is 5.75 Å². The molecule has 0 bridgehead atoms. The van der Waals surface area contributed by atoms with Crippen LogP contribution < -0.4 is 10.1 Å². The Labute approximate surface area is 124 Å². The summed E-state index contributed by atoms with van der Waals surface area (Å²) in [5, 5.41) is 3.44. The van der Waals surface area contributed by atoms with E-state index in [1.54, 1.807) is 0 Å². The standard InChI is InChI=1S/C16H17NO.BrH/c1-2-7-14(8-3-1)18-16-12-17-11-10-13-6-4-5-9-15(13)16;/h1-9,16-17H,10-12H2;1H. The average molecular weight is 320 g/mol. The number of fused-ring (bicyclic) bond motifs is 1. The van der Waals surface area contributed by atoms with Crippen LogP contribution in [0.25, 0.3) is 0 Å². The Hall–Kier alpha value is -1.32. The highest BCUT2D eigenvalue weighted by atomic mass is 79.9. The Morgan fingerprint density at radius 1 is 0.947 bits per heavy atom. The second-order valence-electron chi connectivity index (χ2n) is 4.57. The van der Waals surface area contributed by atoms with Gasteiger partial charge in [-0.25, -0.2) is 0 Å². The van der Waals surface area contributed by atoms with E-state index >= 15 is 0 Å².